The Kier molecular flexibility index (Phi) is 5.55. The minimum Gasteiger partial charge on any atom is -0.311 e. The first-order valence-corrected chi connectivity index (χ1v) is 11.0. The molecule has 0 spiro atoms. The van der Waals surface area contributed by atoms with Gasteiger partial charge in [0.2, 0.25) is 0 Å². The highest BCUT2D eigenvalue weighted by molar-refractivity contribution is 5.78. The molecule has 32 heavy (non-hydrogen) atoms. The molecule has 0 atom stereocenters. The number of hydrogen-bond donors (Lipinski definition) is 0. The Morgan fingerprint density at radius 1 is 0.344 bits per heavy atom. The van der Waals surface area contributed by atoms with Crippen molar-refractivity contribution in [1.29, 1.82) is 0 Å². The normalized spacial score (nSPS) is 10.7. The third kappa shape index (κ3) is 4.19. The van der Waals surface area contributed by atoms with Gasteiger partial charge in [-0.2, -0.15) is 0 Å². The number of hydrogen-bond acceptors (Lipinski definition) is 1. The highest BCUT2D eigenvalue weighted by Gasteiger charge is 2.12. The second kappa shape index (κ2) is 8.95. The quantitative estimate of drug-likeness (QED) is 0.279. The van der Waals surface area contributed by atoms with Crippen molar-refractivity contribution in [2.24, 2.45) is 0 Å². The third-order valence-corrected chi connectivity index (χ3v) is 5.76. The molecule has 1 heteroatoms. The predicted octanol–water partition coefficient (Wildman–Crippen LogP) is 8.80. The molecule has 0 heterocycles. The van der Waals surface area contributed by atoms with Crippen molar-refractivity contribution >= 4 is 17.1 Å². The van der Waals surface area contributed by atoms with Crippen LogP contribution >= 0.6 is 0 Å². The molecule has 0 fully saturated rings. The Hall–Kier alpha value is -4.10. The molecule has 0 saturated heterocycles. The van der Waals surface area contributed by atoms with Crippen LogP contribution in [0.1, 0.15) is 5.56 Å². The lowest BCUT2D eigenvalue weighted by atomic mass is 10.00. The van der Waals surface area contributed by atoms with Crippen LogP contribution in [-0.4, -0.2) is 0 Å². The average molecular weight is 412 g/mol. The van der Waals surface area contributed by atoms with Gasteiger partial charge in [0, 0.05) is 17.1 Å². The van der Waals surface area contributed by atoms with Gasteiger partial charge in [0.25, 0.3) is 0 Å². The summed E-state index contributed by atoms with van der Waals surface area (Å²) in [5.41, 5.74) is 9.62. The molecule has 0 saturated carbocycles. The van der Waals surface area contributed by atoms with Gasteiger partial charge in [-0.15, -0.1) is 0 Å². The zero-order valence-electron chi connectivity index (χ0n) is 18.1. The summed E-state index contributed by atoms with van der Waals surface area (Å²) in [6.45, 7) is 2.12. The second-order valence-electron chi connectivity index (χ2n) is 8.00. The molecule has 0 aliphatic carbocycles. The number of nitrogens with zero attached hydrogens (tertiary/aromatic N) is 1. The van der Waals surface area contributed by atoms with Crippen LogP contribution in [-0.2, 0) is 0 Å². The average Bonchev–Trinajstić information content (AvgIpc) is 2.87. The lowest BCUT2D eigenvalue weighted by Gasteiger charge is -2.25. The summed E-state index contributed by atoms with van der Waals surface area (Å²) in [7, 11) is 0. The van der Waals surface area contributed by atoms with E-state index in [9.17, 15) is 0 Å². The Balaban J connectivity index is 1.46. The molecule has 0 amide bonds. The van der Waals surface area contributed by atoms with Gasteiger partial charge in [-0.1, -0.05) is 103 Å². The number of anilines is 3. The van der Waals surface area contributed by atoms with Crippen LogP contribution in [0.4, 0.5) is 17.1 Å². The molecule has 0 aromatic heterocycles. The van der Waals surface area contributed by atoms with Crippen LogP contribution in [0.15, 0.2) is 133 Å². The monoisotopic (exact) mass is 411 g/mol. The summed E-state index contributed by atoms with van der Waals surface area (Å²) in [5, 5.41) is 0. The van der Waals surface area contributed by atoms with E-state index in [2.05, 4.69) is 145 Å². The van der Waals surface area contributed by atoms with Gasteiger partial charge < -0.3 is 4.90 Å². The van der Waals surface area contributed by atoms with Gasteiger partial charge in [-0.3, -0.25) is 0 Å². The minimum atomic E-state index is 1.14. The van der Waals surface area contributed by atoms with Crippen LogP contribution in [0.25, 0.3) is 22.3 Å². The van der Waals surface area contributed by atoms with E-state index in [-0.39, 0.29) is 0 Å². The first-order chi connectivity index (χ1) is 15.8. The first-order valence-electron chi connectivity index (χ1n) is 11.0. The van der Waals surface area contributed by atoms with E-state index < -0.39 is 0 Å². The van der Waals surface area contributed by atoms with Gasteiger partial charge in [0.1, 0.15) is 0 Å². The van der Waals surface area contributed by atoms with Crippen LogP contribution in [0.5, 0.6) is 0 Å². The second-order valence-corrected chi connectivity index (χ2v) is 8.00. The van der Waals surface area contributed by atoms with Gasteiger partial charge in [0.05, 0.1) is 0 Å². The SMILES string of the molecule is Cc1ccc(N(c2ccccc2)c2ccc(-c3ccc(-c4ccccc4)cc3)cc2)cc1. The summed E-state index contributed by atoms with van der Waals surface area (Å²) in [4.78, 5) is 2.29. The molecule has 154 valence electrons. The van der Waals surface area contributed by atoms with Crippen LogP contribution in [0.3, 0.4) is 0 Å². The molecule has 5 aromatic carbocycles. The molecule has 1 nitrogen and oxygen atoms in total. The van der Waals surface area contributed by atoms with Crippen LogP contribution in [0, 0.1) is 6.92 Å². The predicted molar refractivity (Wildman–Crippen MR) is 137 cm³/mol. The van der Waals surface area contributed by atoms with Gasteiger partial charge >= 0.3 is 0 Å². The standard InChI is InChI=1S/C31H25N/c1-24-12-20-30(21-13-24)32(29-10-6-3-7-11-29)31-22-18-28(19-23-31)27-16-14-26(15-17-27)25-8-4-2-5-9-25/h2-23H,1H3. The molecule has 0 aliphatic heterocycles. The van der Waals surface area contributed by atoms with Crippen LogP contribution < -0.4 is 4.90 Å². The zero-order valence-corrected chi connectivity index (χ0v) is 18.1. The van der Waals surface area contributed by atoms with Gasteiger partial charge in [-0.05, 0) is 65.6 Å². The molecule has 0 unspecified atom stereocenters. The van der Waals surface area contributed by atoms with Crippen molar-refractivity contribution in [1.82, 2.24) is 0 Å². The zero-order chi connectivity index (χ0) is 21.8. The van der Waals surface area contributed by atoms with E-state index in [4.69, 9.17) is 0 Å². The van der Waals surface area contributed by atoms with Crippen LogP contribution in [0.2, 0.25) is 0 Å². The summed E-state index contributed by atoms with van der Waals surface area (Å²) < 4.78 is 0. The van der Waals surface area contributed by atoms with Gasteiger partial charge in [-0.25, -0.2) is 0 Å². The Bertz CT molecular complexity index is 1270. The maximum atomic E-state index is 2.29. The smallest absolute Gasteiger partial charge is 0.0462 e. The Morgan fingerprint density at radius 3 is 1.19 bits per heavy atom. The third-order valence-electron chi connectivity index (χ3n) is 5.76. The highest BCUT2D eigenvalue weighted by atomic mass is 15.1. The number of para-hydroxylation sites is 1. The van der Waals surface area contributed by atoms with E-state index in [0.29, 0.717) is 0 Å². The van der Waals surface area contributed by atoms with Crippen molar-refractivity contribution < 1.29 is 0 Å². The molecule has 0 bridgehead atoms. The fourth-order valence-electron chi connectivity index (χ4n) is 4.01. The molecule has 5 rings (SSSR count). The van der Waals surface area contributed by atoms with E-state index in [1.54, 1.807) is 0 Å². The highest BCUT2D eigenvalue weighted by Crippen LogP contribution is 2.35. The van der Waals surface area contributed by atoms with E-state index in [1.165, 1.54) is 27.8 Å². The molecular weight excluding hydrogens is 386 g/mol. The van der Waals surface area contributed by atoms with Crippen molar-refractivity contribution in [2.75, 3.05) is 4.90 Å². The minimum absolute atomic E-state index is 1.14. The number of benzene rings is 5. The van der Waals surface area contributed by atoms with Crippen molar-refractivity contribution in [3.8, 4) is 22.3 Å². The summed E-state index contributed by atoms with van der Waals surface area (Å²) >= 11 is 0. The lowest BCUT2D eigenvalue weighted by molar-refractivity contribution is 1.27. The van der Waals surface area contributed by atoms with Crippen molar-refractivity contribution in [2.45, 2.75) is 6.92 Å². The summed E-state index contributed by atoms with van der Waals surface area (Å²) in [6.07, 6.45) is 0. The summed E-state index contributed by atoms with van der Waals surface area (Å²) in [5.74, 6) is 0. The van der Waals surface area contributed by atoms with Gasteiger partial charge in [0.15, 0.2) is 0 Å². The Labute approximate surface area is 190 Å². The topological polar surface area (TPSA) is 3.24 Å². The maximum absolute atomic E-state index is 2.29. The molecule has 5 aromatic rings. The van der Waals surface area contributed by atoms with Crippen molar-refractivity contribution in [3.05, 3.63) is 139 Å². The molecule has 0 N–H and O–H groups in total. The number of rotatable bonds is 5. The van der Waals surface area contributed by atoms with E-state index >= 15 is 0 Å². The lowest BCUT2D eigenvalue weighted by Crippen LogP contribution is -2.09. The fraction of sp³-hybridized carbons (Fsp3) is 0.0323. The largest absolute Gasteiger partial charge is 0.311 e. The molecular formula is C31H25N. The molecule has 0 radical (unpaired) electrons. The fourth-order valence-corrected chi connectivity index (χ4v) is 4.01. The maximum Gasteiger partial charge on any atom is 0.0462 e. The first kappa shape index (κ1) is 19.8. The Morgan fingerprint density at radius 2 is 0.688 bits per heavy atom. The summed E-state index contributed by atoms with van der Waals surface area (Å²) in [6, 6.07) is 47.3. The number of aryl methyl sites for hydroxylation is 1. The molecule has 0 aliphatic rings. The van der Waals surface area contributed by atoms with E-state index in [1.807, 2.05) is 0 Å². The van der Waals surface area contributed by atoms with Crippen molar-refractivity contribution in [3.63, 3.8) is 0 Å². The van der Waals surface area contributed by atoms with E-state index in [0.717, 1.165) is 17.1 Å².